The van der Waals surface area contributed by atoms with Gasteiger partial charge in [0.1, 0.15) is 22.9 Å². The highest BCUT2D eigenvalue weighted by atomic mass is 35.5. The van der Waals surface area contributed by atoms with Gasteiger partial charge < -0.3 is 15.1 Å². The van der Waals surface area contributed by atoms with Gasteiger partial charge in [0.05, 0.1) is 12.1 Å². The number of hydrogen-bond donors (Lipinski definition) is 2. The lowest BCUT2D eigenvalue weighted by atomic mass is 9.88. The summed E-state index contributed by atoms with van der Waals surface area (Å²) in [7, 11) is 0. The molecule has 8 rings (SSSR count). The van der Waals surface area contributed by atoms with Crippen LogP contribution in [-0.2, 0) is 20.9 Å². The van der Waals surface area contributed by atoms with E-state index < -0.39 is 12.1 Å². The van der Waals surface area contributed by atoms with Gasteiger partial charge >= 0.3 is 0 Å². The van der Waals surface area contributed by atoms with E-state index in [0.29, 0.717) is 41.8 Å². The van der Waals surface area contributed by atoms with E-state index in [0.717, 1.165) is 77.7 Å². The van der Waals surface area contributed by atoms with Crippen LogP contribution in [0.25, 0.3) is 5.00 Å². The molecular weight excluding hydrogens is 724 g/mol. The second kappa shape index (κ2) is 14.8. The van der Waals surface area contributed by atoms with Crippen molar-refractivity contribution in [2.24, 2.45) is 4.99 Å². The molecule has 2 aromatic carbocycles. The topological polar surface area (TPSA) is 142 Å². The SMILES string of the molecule is Cc1sc2c(c1C)C(c1ccc(Cl)cc1)=N[C@@H](CC(=O)NCCCN1CCC(c3ccc4c(c3)CN(C3CCC(=O)NC3=O)C4=O)CC1)c1nnc(C)n1-2. The number of aryl methyl sites for hydroxylation is 2. The zero-order valence-electron chi connectivity index (χ0n) is 30.7. The Morgan fingerprint density at radius 2 is 1.80 bits per heavy atom. The number of aliphatic imine (C=N–C) groups is 1. The minimum absolute atomic E-state index is 0.0745. The number of benzene rings is 2. The van der Waals surface area contributed by atoms with Crippen molar-refractivity contribution < 1.29 is 19.2 Å². The third kappa shape index (κ3) is 6.88. The van der Waals surface area contributed by atoms with Crippen LogP contribution in [0.1, 0.15) is 105 Å². The number of nitrogens with one attached hydrogen (secondary N) is 2. The molecule has 12 nitrogen and oxygen atoms in total. The zero-order valence-corrected chi connectivity index (χ0v) is 32.2. The minimum atomic E-state index is -0.605. The van der Waals surface area contributed by atoms with Gasteiger partial charge in [0.25, 0.3) is 5.91 Å². The highest BCUT2D eigenvalue weighted by Crippen LogP contribution is 2.40. The van der Waals surface area contributed by atoms with Gasteiger partial charge in [-0.25, -0.2) is 0 Å². The van der Waals surface area contributed by atoms with Crippen molar-refractivity contribution in [2.75, 3.05) is 26.2 Å². The first-order valence-electron chi connectivity index (χ1n) is 18.7. The van der Waals surface area contributed by atoms with Gasteiger partial charge in [0, 0.05) is 46.1 Å². The van der Waals surface area contributed by atoms with Crippen LogP contribution < -0.4 is 10.6 Å². The molecule has 2 atom stereocenters. The van der Waals surface area contributed by atoms with Crippen molar-refractivity contribution >= 4 is 52.3 Å². The number of thiophene rings is 1. The maximum Gasteiger partial charge on any atom is 0.255 e. The predicted molar refractivity (Wildman–Crippen MR) is 206 cm³/mol. The Balaban J connectivity index is 0.853. The molecule has 0 radical (unpaired) electrons. The quantitative estimate of drug-likeness (QED) is 0.173. The molecule has 14 heteroatoms. The fourth-order valence-electron chi connectivity index (χ4n) is 8.25. The molecule has 4 aliphatic rings. The molecule has 4 aromatic rings. The molecule has 2 aromatic heterocycles. The molecule has 0 bridgehead atoms. The lowest BCUT2D eigenvalue weighted by Gasteiger charge is -2.32. The minimum Gasteiger partial charge on any atom is -0.356 e. The number of rotatable bonds is 9. The summed E-state index contributed by atoms with van der Waals surface area (Å²) in [6.07, 6.45) is 3.62. The Kier molecular flexibility index (Phi) is 9.97. The first-order chi connectivity index (χ1) is 26.0. The molecule has 2 N–H and O–H groups in total. The highest BCUT2D eigenvalue weighted by molar-refractivity contribution is 7.15. The summed E-state index contributed by atoms with van der Waals surface area (Å²) in [5.41, 5.74) is 6.79. The summed E-state index contributed by atoms with van der Waals surface area (Å²) in [4.78, 5) is 61.1. The summed E-state index contributed by atoms with van der Waals surface area (Å²) in [5.74, 6) is 0.934. The van der Waals surface area contributed by atoms with Crippen molar-refractivity contribution in [3.8, 4) is 5.00 Å². The number of aromatic nitrogens is 3. The van der Waals surface area contributed by atoms with E-state index in [1.54, 1.807) is 16.2 Å². The van der Waals surface area contributed by atoms with E-state index in [4.69, 9.17) is 16.6 Å². The molecule has 2 fully saturated rings. The highest BCUT2D eigenvalue weighted by Gasteiger charge is 2.39. The zero-order chi connectivity index (χ0) is 37.7. The predicted octanol–water partition coefficient (Wildman–Crippen LogP) is 5.34. The largest absolute Gasteiger partial charge is 0.356 e. The molecular formula is C40H43ClN8O4S. The second-order valence-electron chi connectivity index (χ2n) is 14.7. The summed E-state index contributed by atoms with van der Waals surface area (Å²) in [6, 6.07) is 12.7. The summed E-state index contributed by atoms with van der Waals surface area (Å²) in [5, 5.41) is 16.1. The summed E-state index contributed by atoms with van der Waals surface area (Å²) in [6.45, 7) is 9.93. The van der Waals surface area contributed by atoms with Gasteiger partial charge in [-0.3, -0.25) is 34.1 Å². The lowest BCUT2D eigenvalue weighted by Crippen LogP contribution is -2.52. The number of amides is 4. The fourth-order valence-corrected chi connectivity index (χ4v) is 9.59. The number of nitrogens with zero attached hydrogens (tertiary/aromatic N) is 6. The lowest BCUT2D eigenvalue weighted by molar-refractivity contribution is -0.137. The molecule has 6 heterocycles. The monoisotopic (exact) mass is 766 g/mol. The normalized spacial score (nSPS) is 20.3. The number of hydrogen-bond acceptors (Lipinski definition) is 9. The van der Waals surface area contributed by atoms with Crippen LogP contribution in [0.2, 0.25) is 5.02 Å². The van der Waals surface area contributed by atoms with Gasteiger partial charge in [-0.05, 0) is 107 Å². The van der Waals surface area contributed by atoms with Crippen LogP contribution in [-0.4, -0.2) is 86.1 Å². The third-order valence-corrected chi connectivity index (χ3v) is 12.8. The van der Waals surface area contributed by atoms with Crippen LogP contribution in [0.5, 0.6) is 0 Å². The summed E-state index contributed by atoms with van der Waals surface area (Å²) < 4.78 is 2.06. The van der Waals surface area contributed by atoms with E-state index in [1.807, 2.05) is 37.3 Å². The first-order valence-corrected chi connectivity index (χ1v) is 19.9. The van der Waals surface area contributed by atoms with Crippen molar-refractivity contribution in [1.29, 1.82) is 0 Å². The van der Waals surface area contributed by atoms with Crippen LogP contribution in [0.3, 0.4) is 0 Å². The maximum atomic E-state index is 13.4. The van der Waals surface area contributed by atoms with Crippen molar-refractivity contribution in [3.63, 3.8) is 0 Å². The molecule has 0 aliphatic carbocycles. The molecule has 280 valence electrons. The number of carbonyl (C=O) groups excluding carboxylic acids is 4. The van der Waals surface area contributed by atoms with E-state index in [2.05, 4.69) is 56.3 Å². The van der Waals surface area contributed by atoms with Gasteiger partial charge in [-0.1, -0.05) is 35.9 Å². The molecule has 0 saturated carbocycles. The Morgan fingerprint density at radius 3 is 2.56 bits per heavy atom. The van der Waals surface area contributed by atoms with Crippen molar-refractivity contribution in [1.82, 2.24) is 35.2 Å². The van der Waals surface area contributed by atoms with Crippen molar-refractivity contribution in [3.05, 3.63) is 97.4 Å². The smallest absolute Gasteiger partial charge is 0.255 e. The Bertz CT molecular complexity index is 2190. The van der Waals surface area contributed by atoms with Gasteiger partial charge in [-0.15, -0.1) is 21.5 Å². The molecule has 4 aliphatic heterocycles. The van der Waals surface area contributed by atoms with Crippen LogP contribution in [0.15, 0.2) is 47.5 Å². The van der Waals surface area contributed by atoms with E-state index in [9.17, 15) is 19.2 Å². The number of likely N-dealkylation sites (tertiary alicyclic amines) is 1. The average molecular weight is 767 g/mol. The molecule has 1 unspecified atom stereocenters. The van der Waals surface area contributed by atoms with Gasteiger partial charge in [-0.2, -0.15) is 0 Å². The standard InChI is InChI=1S/C40H43ClN8O4S/c1-22-23(2)54-40-35(22)36(26-5-8-29(41)9-6-26)43-31(37-46-45-24(3)49(37)40)20-34(51)42-15-4-16-47-17-13-25(14-18-47)27-7-10-30-28(19-27)21-48(39(30)53)32-11-12-33(50)44-38(32)52/h5-10,19,25,31-32H,4,11-18,20-21H2,1-3H3,(H,42,51)(H,44,50,52)/t31-,32?/m0/s1. The molecule has 2 saturated heterocycles. The number of piperidine rings is 2. The Morgan fingerprint density at radius 1 is 1.02 bits per heavy atom. The number of carbonyl (C=O) groups is 4. The van der Waals surface area contributed by atoms with E-state index in [-0.39, 0.29) is 36.5 Å². The van der Waals surface area contributed by atoms with Crippen LogP contribution in [0.4, 0.5) is 0 Å². The maximum absolute atomic E-state index is 13.4. The first kappa shape index (κ1) is 36.3. The summed E-state index contributed by atoms with van der Waals surface area (Å²) >= 11 is 7.93. The average Bonchev–Trinajstić information content (AvgIpc) is 3.77. The number of halogens is 1. The van der Waals surface area contributed by atoms with Crippen LogP contribution >= 0.6 is 22.9 Å². The van der Waals surface area contributed by atoms with Crippen molar-refractivity contribution in [2.45, 2.75) is 83.8 Å². The van der Waals surface area contributed by atoms with Gasteiger partial charge in [0.2, 0.25) is 17.7 Å². The van der Waals surface area contributed by atoms with Crippen LogP contribution in [0, 0.1) is 20.8 Å². The molecule has 4 amide bonds. The number of fused-ring (bicyclic) bond motifs is 4. The molecule has 0 spiro atoms. The van der Waals surface area contributed by atoms with E-state index in [1.165, 1.54) is 10.4 Å². The number of imide groups is 1. The molecule has 54 heavy (non-hydrogen) atoms. The fraction of sp³-hybridized carbons (Fsp3) is 0.425. The Hall–Kier alpha value is -4.72. The Labute approximate surface area is 323 Å². The second-order valence-corrected chi connectivity index (χ2v) is 16.4. The van der Waals surface area contributed by atoms with Gasteiger partial charge in [0.15, 0.2) is 5.82 Å². The van der Waals surface area contributed by atoms with E-state index >= 15 is 0 Å². The third-order valence-electron chi connectivity index (χ3n) is 11.3.